The van der Waals surface area contributed by atoms with Crippen molar-refractivity contribution in [3.8, 4) is 0 Å². The van der Waals surface area contributed by atoms with Gasteiger partial charge in [0.15, 0.2) is 0 Å². The molecule has 0 amide bonds. The Morgan fingerprint density at radius 1 is 1.69 bits per heavy atom. The fraction of sp³-hybridized carbons (Fsp3) is 0.667. The molecule has 1 aromatic heterocycles. The summed E-state index contributed by atoms with van der Waals surface area (Å²) in [6.07, 6.45) is 7.16. The van der Waals surface area contributed by atoms with Crippen LogP contribution in [-0.4, -0.2) is 20.6 Å². The van der Waals surface area contributed by atoms with Gasteiger partial charge in [0.25, 0.3) is 0 Å². The van der Waals surface area contributed by atoms with Crippen molar-refractivity contribution < 1.29 is 9.90 Å². The van der Waals surface area contributed by atoms with Gasteiger partial charge in [-0.3, -0.25) is 4.79 Å². The summed E-state index contributed by atoms with van der Waals surface area (Å²) in [4.78, 5) is 14.9. The second-order valence-electron chi connectivity index (χ2n) is 4.53. The van der Waals surface area contributed by atoms with Gasteiger partial charge in [-0.1, -0.05) is 0 Å². The standard InChI is InChI=1S/C12H18N2O2/c1-9-4-2-6-11-10(13-8-14(9)11)5-3-7-12(15)16/h8-9H,2-7H2,1H3,(H,15,16). The zero-order valence-corrected chi connectivity index (χ0v) is 9.65. The summed E-state index contributed by atoms with van der Waals surface area (Å²) >= 11 is 0. The van der Waals surface area contributed by atoms with Crippen molar-refractivity contribution in [1.82, 2.24) is 9.55 Å². The zero-order chi connectivity index (χ0) is 11.5. The van der Waals surface area contributed by atoms with E-state index >= 15 is 0 Å². The van der Waals surface area contributed by atoms with E-state index < -0.39 is 5.97 Å². The van der Waals surface area contributed by atoms with Crippen molar-refractivity contribution in [3.05, 3.63) is 17.7 Å². The van der Waals surface area contributed by atoms with E-state index in [-0.39, 0.29) is 6.42 Å². The van der Waals surface area contributed by atoms with Gasteiger partial charge in [0.05, 0.1) is 12.0 Å². The van der Waals surface area contributed by atoms with Gasteiger partial charge in [-0.05, 0) is 39.0 Å². The van der Waals surface area contributed by atoms with Crippen LogP contribution in [0.4, 0.5) is 0 Å². The molecule has 0 bridgehead atoms. The monoisotopic (exact) mass is 222 g/mol. The smallest absolute Gasteiger partial charge is 0.303 e. The van der Waals surface area contributed by atoms with Crippen LogP contribution in [0, 0.1) is 0 Å². The molecule has 0 radical (unpaired) electrons. The molecule has 1 aromatic rings. The van der Waals surface area contributed by atoms with Crippen LogP contribution < -0.4 is 0 Å². The third kappa shape index (κ3) is 2.26. The highest BCUT2D eigenvalue weighted by Gasteiger charge is 2.19. The van der Waals surface area contributed by atoms with E-state index in [1.165, 1.54) is 18.5 Å². The van der Waals surface area contributed by atoms with E-state index in [9.17, 15) is 4.79 Å². The van der Waals surface area contributed by atoms with Crippen LogP contribution in [0.25, 0.3) is 0 Å². The summed E-state index contributed by atoms with van der Waals surface area (Å²) in [5.74, 6) is -0.721. The van der Waals surface area contributed by atoms with Crippen molar-refractivity contribution >= 4 is 5.97 Å². The summed E-state index contributed by atoms with van der Waals surface area (Å²) in [6, 6.07) is 0.546. The molecule has 0 aromatic carbocycles. The Labute approximate surface area is 95.3 Å². The molecule has 1 N–H and O–H groups in total. The molecule has 88 valence electrons. The summed E-state index contributed by atoms with van der Waals surface area (Å²) in [6.45, 7) is 2.21. The van der Waals surface area contributed by atoms with E-state index in [1.807, 2.05) is 6.33 Å². The lowest BCUT2D eigenvalue weighted by Gasteiger charge is -2.22. The molecule has 16 heavy (non-hydrogen) atoms. The minimum atomic E-state index is -0.721. The summed E-state index contributed by atoms with van der Waals surface area (Å²) in [5.41, 5.74) is 2.43. The van der Waals surface area contributed by atoms with Gasteiger partial charge >= 0.3 is 5.97 Å². The van der Waals surface area contributed by atoms with Crippen molar-refractivity contribution in [2.45, 2.75) is 51.5 Å². The molecule has 0 aliphatic carbocycles. The maximum atomic E-state index is 10.4. The molecular weight excluding hydrogens is 204 g/mol. The number of carboxylic acids is 1. The lowest BCUT2D eigenvalue weighted by Crippen LogP contribution is -2.14. The van der Waals surface area contributed by atoms with Crippen molar-refractivity contribution in [2.75, 3.05) is 0 Å². The van der Waals surface area contributed by atoms with Crippen molar-refractivity contribution in [2.24, 2.45) is 0 Å². The Morgan fingerprint density at radius 3 is 3.25 bits per heavy atom. The predicted octanol–water partition coefficient (Wildman–Crippen LogP) is 2.19. The Bertz CT molecular complexity index is 384. The third-order valence-corrected chi connectivity index (χ3v) is 3.30. The van der Waals surface area contributed by atoms with Crippen LogP contribution in [-0.2, 0) is 17.6 Å². The number of aliphatic carboxylic acids is 1. The molecule has 4 nitrogen and oxygen atoms in total. The number of hydrogen-bond donors (Lipinski definition) is 1. The van der Waals surface area contributed by atoms with E-state index in [4.69, 9.17) is 5.11 Å². The van der Waals surface area contributed by atoms with E-state index in [0.717, 1.165) is 18.5 Å². The first-order valence-electron chi connectivity index (χ1n) is 5.95. The van der Waals surface area contributed by atoms with E-state index in [1.54, 1.807) is 0 Å². The molecule has 1 atom stereocenters. The molecule has 0 fully saturated rings. The molecule has 1 aliphatic heterocycles. The molecule has 1 unspecified atom stereocenters. The van der Waals surface area contributed by atoms with Gasteiger partial charge in [0.1, 0.15) is 0 Å². The molecular formula is C12H18N2O2. The molecule has 4 heteroatoms. The average Bonchev–Trinajstić information content (AvgIpc) is 2.63. The Morgan fingerprint density at radius 2 is 2.50 bits per heavy atom. The fourth-order valence-electron chi connectivity index (χ4n) is 2.40. The molecule has 0 saturated carbocycles. The number of nitrogens with zero attached hydrogens (tertiary/aromatic N) is 2. The largest absolute Gasteiger partial charge is 0.481 e. The lowest BCUT2D eigenvalue weighted by atomic mass is 10.0. The lowest BCUT2D eigenvalue weighted by molar-refractivity contribution is -0.137. The molecule has 2 rings (SSSR count). The highest BCUT2D eigenvalue weighted by molar-refractivity contribution is 5.66. The first-order chi connectivity index (χ1) is 7.68. The molecule has 0 spiro atoms. The summed E-state index contributed by atoms with van der Waals surface area (Å²) < 4.78 is 2.25. The minimum Gasteiger partial charge on any atom is -0.481 e. The summed E-state index contributed by atoms with van der Waals surface area (Å²) in [5, 5.41) is 8.60. The van der Waals surface area contributed by atoms with Crippen LogP contribution in [0.15, 0.2) is 6.33 Å². The number of aromatic nitrogens is 2. The van der Waals surface area contributed by atoms with Crippen LogP contribution in [0.5, 0.6) is 0 Å². The maximum Gasteiger partial charge on any atom is 0.303 e. The van der Waals surface area contributed by atoms with Gasteiger partial charge in [-0.2, -0.15) is 0 Å². The van der Waals surface area contributed by atoms with Gasteiger partial charge in [-0.25, -0.2) is 4.98 Å². The number of imidazole rings is 1. The first kappa shape index (κ1) is 11.2. The second kappa shape index (κ2) is 4.68. The Hall–Kier alpha value is -1.32. The maximum absolute atomic E-state index is 10.4. The first-order valence-corrected chi connectivity index (χ1v) is 5.95. The highest BCUT2D eigenvalue weighted by Crippen LogP contribution is 2.26. The van der Waals surface area contributed by atoms with Crippen LogP contribution in [0.2, 0.25) is 0 Å². The number of rotatable bonds is 4. The van der Waals surface area contributed by atoms with Gasteiger partial charge in [-0.15, -0.1) is 0 Å². The summed E-state index contributed by atoms with van der Waals surface area (Å²) in [7, 11) is 0. The SMILES string of the molecule is CC1CCCc2c(CCCC(=O)O)ncn21. The van der Waals surface area contributed by atoms with Gasteiger partial charge in [0.2, 0.25) is 0 Å². The Balaban J connectivity index is 2.02. The van der Waals surface area contributed by atoms with Gasteiger partial charge in [0, 0.05) is 18.2 Å². The molecule has 0 saturated heterocycles. The van der Waals surface area contributed by atoms with E-state index in [0.29, 0.717) is 12.5 Å². The molecule has 1 aliphatic rings. The normalized spacial score (nSPS) is 19.4. The predicted molar refractivity (Wildman–Crippen MR) is 60.4 cm³/mol. The van der Waals surface area contributed by atoms with Crippen molar-refractivity contribution in [3.63, 3.8) is 0 Å². The number of carboxylic acid groups (broad SMARTS) is 1. The third-order valence-electron chi connectivity index (χ3n) is 3.30. The van der Waals surface area contributed by atoms with Gasteiger partial charge < -0.3 is 9.67 Å². The number of aryl methyl sites for hydroxylation is 1. The highest BCUT2D eigenvalue weighted by atomic mass is 16.4. The topological polar surface area (TPSA) is 55.1 Å². The van der Waals surface area contributed by atoms with Crippen LogP contribution in [0.3, 0.4) is 0 Å². The number of fused-ring (bicyclic) bond motifs is 1. The number of hydrogen-bond acceptors (Lipinski definition) is 2. The van der Waals surface area contributed by atoms with E-state index in [2.05, 4.69) is 16.5 Å². The minimum absolute atomic E-state index is 0.238. The average molecular weight is 222 g/mol. The zero-order valence-electron chi connectivity index (χ0n) is 9.65. The fourth-order valence-corrected chi connectivity index (χ4v) is 2.40. The number of carbonyl (C=O) groups is 1. The van der Waals surface area contributed by atoms with Crippen molar-refractivity contribution in [1.29, 1.82) is 0 Å². The molecule has 2 heterocycles. The quantitative estimate of drug-likeness (QED) is 0.849. The second-order valence-corrected chi connectivity index (χ2v) is 4.53. The Kier molecular flexibility index (Phi) is 3.27. The van der Waals surface area contributed by atoms with Crippen LogP contribution in [0.1, 0.15) is 50.0 Å². The van der Waals surface area contributed by atoms with Crippen LogP contribution >= 0.6 is 0 Å².